The number of aromatic hydroxyl groups is 1. The minimum atomic E-state index is -0.454. The normalized spacial score (nSPS) is 10.7. The van der Waals surface area contributed by atoms with Crippen molar-refractivity contribution in [3.05, 3.63) is 64.2 Å². The van der Waals surface area contributed by atoms with Gasteiger partial charge in [0.2, 0.25) is 0 Å². The fraction of sp³-hybridized carbons (Fsp3) is 0. The molecule has 18 heavy (non-hydrogen) atoms. The predicted octanol–water partition coefficient (Wildman–Crippen LogP) is 3.05. The SMILES string of the molecule is O=[N+]([O-])c1ccc(C=Nc2ccccc2O)cc1. The van der Waals surface area contributed by atoms with Gasteiger partial charge in [-0.25, -0.2) is 0 Å². The van der Waals surface area contributed by atoms with Crippen molar-refractivity contribution in [3.8, 4) is 5.75 Å². The van der Waals surface area contributed by atoms with Crippen molar-refractivity contribution >= 4 is 17.6 Å². The molecule has 0 aromatic heterocycles. The first-order chi connectivity index (χ1) is 8.66. The summed E-state index contributed by atoms with van der Waals surface area (Å²) in [5.41, 5.74) is 1.22. The zero-order valence-corrected chi connectivity index (χ0v) is 9.35. The second-order valence-corrected chi connectivity index (χ2v) is 3.60. The molecule has 0 unspecified atom stereocenters. The molecule has 0 saturated heterocycles. The molecule has 5 heteroatoms. The van der Waals surface area contributed by atoms with Crippen molar-refractivity contribution in [1.29, 1.82) is 0 Å². The van der Waals surface area contributed by atoms with Gasteiger partial charge >= 0.3 is 0 Å². The highest BCUT2D eigenvalue weighted by atomic mass is 16.6. The molecule has 0 fully saturated rings. The Kier molecular flexibility index (Phi) is 3.33. The maximum Gasteiger partial charge on any atom is 0.269 e. The topological polar surface area (TPSA) is 75.7 Å². The molecule has 0 spiro atoms. The van der Waals surface area contributed by atoms with E-state index in [1.807, 2.05) is 0 Å². The van der Waals surface area contributed by atoms with Gasteiger partial charge in [-0.3, -0.25) is 15.1 Å². The summed E-state index contributed by atoms with van der Waals surface area (Å²) < 4.78 is 0. The highest BCUT2D eigenvalue weighted by molar-refractivity contribution is 5.82. The van der Waals surface area contributed by atoms with E-state index in [1.165, 1.54) is 12.1 Å². The molecule has 2 aromatic carbocycles. The molecule has 0 heterocycles. The number of para-hydroxylation sites is 2. The van der Waals surface area contributed by atoms with Crippen molar-refractivity contribution in [2.45, 2.75) is 0 Å². The summed E-state index contributed by atoms with van der Waals surface area (Å²) in [7, 11) is 0. The number of aliphatic imine (C=N–C) groups is 1. The molecule has 0 aliphatic rings. The molecule has 0 aliphatic heterocycles. The molecular formula is C13H10N2O3. The second-order valence-electron chi connectivity index (χ2n) is 3.60. The first kappa shape index (κ1) is 11.8. The standard InChI is InChI=1S/C13H10N2O3/c16-13-4-2-1-3-12(13)14-9-10-5-7-11(8-6-10)15(17)18/h1-9,16H. The number of nitro groups is 1. The van der Waals surface area contributed by atoms with Gasteiger partial charge in [0.1, 0.15) is 11.4 Å². The molecule has 2 aromatic rings. The van der Waals surface area contributed by atoms with E-state index in [9.17, 15) is 15.2 Å². The van der Waals surface area contributed by atoms with Crippen LogP contribution >= 0.6 is 0 Å². The summed E-state index contributed by atoms with van der Waals surface area (Å²) in [5, 5.41) is 20.0. The first-order valence-electron chi connectivity index (χ1n) is 5.23. The van der Waals surface area contributed by atoms with E-state index in [1.54, 1.807) is 42.6 Å². The van der Waals surface area contributed by atoms with Crippen LogP contribution in [0, 0.1) is 10.1 Å². The fourth-order valence-electron chi connectivity index (χ4n) is 1.40. The number of hydrogen-bond donors (Lipinski definition) is 1. The summed E-state index contributed by atoms with van der Waals surface area (Å²) in [6.07, 6.45) is 1.54. The summed E-state index contributed by atoms with van der Waals surface area (Å²) in [6.45, 7) is 0. The van der Waals surface area contributed by atoms with Gasteiger partial charge in [0.25, 0.3) is 5.69 Å². The average Bonchev–Trinajstić information content (AvgIpc) is 2.38. The number of hydrogen-bond acceptors (Lipinski definition) is 4. The van der Waals surface area contributed by atoms with Crippen molar-refractivity contribution in [3.63, 3.8) is 0 Å². The Bertz CT molecular complexity index is 591. The Balaban J connectivity index is 2.19. The Morgan fingerprint density at radius 2 is 1.78 bits per heavy atom. The zero-order valence-electron chi connectivity index (χ0n) is 9.35. The van der Waals surface area contributed by atoms with E-state index < -0.39 is 4.92 Å². The molecule has 90 valence electrons. The van der Waals surface area contributed by atoms with Gasteiger partial charge in [-0.1, -0.05) is 12.1 Å². The number of rotatable bonds is 3. The number of phenols is 1. The molecule has 5 nitrogen and oxygen atoms in total. The van der Waals surface area contributed by atoms with Gasteiger partial charge in [0.15, 0.2) is 0 Å². The van der Waals surface area contributed by atoms with E-state index in [4.69, 9.17) is 0 Å². The zero-order chi connectivity index (χ0) is 13.0. The third-order valence-electron chi connectivity index (χ3n) is 2.34. The quantitative estimate of drug-likeness (QED) is 0.510. The van der Waals surface area contributed by atoms with E-state index in [2.05, 4.69) is 4.99 Å². The fourth-order valence-corrected chi connectivity index (χ4v) is 1.40. The smallest absolute Gasteiger partial charge is 0.269 e. The lowest BCUT2D eigenvalue weighted by Crippen LogP contribution is -1.88. The lowest BCUT2D eigenvalue weighted by molar-refractivity contribution is -0.384. The summed E-state index contributed by atoms with van der Waals surface area (Å²) in [6, 6.07) is 12.7. The molecule has 2 rings (SSSR count). The summed E-state index contributed by atoms with van der Waals surface area (Å²) in [4.78, 5) is 14.1. The van der Waals surface area contributed by atoms with E-state index in [0.29, 0.717) is 5.69 Å². The van der Waals surface area contributed by atoms with Gasteiger partial charge in [-0.05, 0) is 29.8 Å². The molecule has 0 amide bonds. The van der Waals surface area contributed by atoms with E-state index in [0.717, 1.165) is 5.56 Å². The van der Waals surface area contributed by atoms with Crippen molar-refractivity contribution in [2.75, 3.05) is 0 Å². The molecular weight excluding hydrogens is 232 g/mol. The van der Waals surface area contributed by atoms with Crippen LogP contribution in [-0.4, -0.2) is 16.2 Å². The molecule has 0 atom stereocenters. The van der Waals surface area contributed by atoms with Crippen molar-refractivity contribution in [1.82, 2.24) is 0 Å². The molecule has 0 radical (unpaired) electrons. The van der Waals surface area contributed by atoms with Crippen LogP contribution in [0.3, 0.4) is 0 Å². The van der Waals surface area contributed by atoms with Crippen LogP contribution in [0.1, 0.15) is 5.56 Å². The number of nitro benzene ring substituents is 1. The second kappa shape index (κ2) is 5.09. The van der Waals surface area contributed by atoms with E-state index in [-0.39, 0.29) is 11.4 Å². The third kappa shape index (κ3) is 2.70. The third-order valence-corrected chi connectivity index (χ3v) is 2.34. The number of nitrogens with zero attached hydrogens (tertiary/aromatic N) is 2. The van der Waals surface area contributed by atoms with E-state index >= 15 is 0 Å². The highest BCUT2D eigenvalue weighted by Crippen LogP contribution is 2.24. The number of benzene rings is 2. The maximum atomic E-state index is 10.5. The molecule has 1 N–H and O–H groups in total. The maximum absolute atomic E-state index is 10.5. The Morgan fingerprint density at radius 3 is 2.39 bits per heavy atom. The van der Waals surface area contributed by atoms with Gasteiger partial charge in [0, 0.05) is 18.3 Å². The van der Waals surface area contributed by atoms with Crippen LogP contribution in [0.5, 0.6) is 5.75 Å². The van der Waals surface area contributed by atoms with Gasteiger partial charge in [0.05, 0.1) is 4.92 Å². The Labute approximate surface area is 103 Å². The first-order valence-corrected chi connectivity index (χ1v) is 5.23. The molecule has 0 aliphatic carbocycles. The Hall–Kier alpha value is -2.69. The lowest BCUT2D eigenvalue weighted by atomic mass is 10.2. The van der Waals surface area contributed by atoms with Gasteiger partial charge in [-0.2, -0.15) is 0 Å². The van der Waals surface area contributed by atoms with Crippen LogP contribution in [0.4, 0.5) is 11.4 Å². The molecule has 0 bridgehead atoms. The number of phenolic OH excluding ortho intramolecular Hbond substituents is 1. The summed E-state index contributed by atoms with van der Waals surface area (Å²) in [5.74, 6) is 0.0932. The van der Waals surface area contributed by atoms with Gasteiger partial charge < -0.3 is 5.11 Å². The minimum absolute atomic E-state index is 0.0368. The lowest BCUT2D eigenvalue weighted by Gasteiger charge is -1.97. The molecule has 0 saturated carbocycles. The Morgan fingerprint density at radius 1 is 1.11 bits per heavy atom. The largest absolute Gasteiger partial charge is 0.506 e. The minimum Gasteiger partial charge on any atom is -0.506 e. The van der Waals surface area contributed by atoms with Crippen LogP contribution in [0.25, 0.3) is 0 Å². The van der Waals surface area contributed by atoms with Crippen LogP contribution < -0.4 is 0 Å². The number of non-ortho nitro benzene ring substituents is 1. The van der Waals surface area contributed by atoms with Crippen molar-refractivity contribution in [2.24, 2.45) is 4.99 Å². The summed E-state index contributed by atoms with van der Waals surface area (Å²) >= 11 is 0. The van der Waals surface area contributed by atoms with Crippen LogP contribution in [0.2, 0.25) is 0 Å². The average molecular weight is 242 g/mol. The monoisotopic (exact) mass is 242 g/mol. The predicted molar refractivity (Wildman–Crippen MR) is 68.5 cm³/mol. The van der Waals surface area contributed by atoms with Crippen molar-refractivity contribution < 1.29 is 10.0 Å². The van der Waals surface area contributed by atoms with Gasteiger partial charge in [-0.15, -0.1) is 0 Å². The van der Waals surface area contributed by atoms with Crippen LogP contribution in [0.15, 0.2) is 53.5 Å². The van der Waals surface area contributed by atoms with Crippen LogP contribution in [-0.2, 0) is 0 Å². The highest BCUT2D eigenvalue weighted by Gasteiger charge is 2.02.